The topological polar surface area (TPSA) is 21.3 Å². The Morgan fingerprint density at radius 3 is 2.88 bits per heavy atom. The van der Waals surface area contributed by atoms with Gasteiger partial charge in [-0.3, -0.25) is 0 Å². The van der Waals surface area contributed by atoms with Gasteiger partial charge < -0.3 is 10.1 Å². The molecule has 16 heavy (non-hydrogen) atoms. The molecule has 0 aliphatic heterocycles. The zero-order valence-corrected chi connectivity index (χ0v) is 11.6. The summed E-state index contributed by atoms with van der Waals surface area (Å²) in [7, 11) is 0. The van der Waals surface area contributed by atoms with Crippen LogP contribution in [0.2, 0.25) is 0 Å². The highest BCUT2D eigenvalue weighted by Gasteiger charge is 1.95. The Hall–Kier alpha value is -0.380. The number of halogens is 1. The number of ether oxygens (including phenoxy) is 1. The summed E-state index contributed by atoms with van der Waals surface area (Å²) in [6.07, 6.45) is 1.06. The molecule has 0 bridgehead atoms. The smallest absolute Gasteiger partial charge is 0.0717 e. The molecule has 1 aromatic rings. The molecule has 0 heterocycles. The van der Waals surface area contributed by atoms with E-state index in [0.717, 1.165) is 24.0 Å². The van der Waals surface area contributed by atoms with Gasteiger partial charge >= 0.3 is 0 Å². The van der Waals surface area contributed by atoms with Crippen LogP contribution in [0.4, 0.5) is 0 Å². The quantitative estimate of drug-likeness (QED) is 0.776. The Kier molecular flexibility index (Phi) is 6.69. The fraction of sp³-hybridized carbons (Fsp3) is 0.538. The van der Waals surface area contributed by atoms with E-state index in [2.05, 4.69) is 47.2 Å². The predicted octanol–water partition coefficient (Wildman–Crippen LogP) is 3.35. The van der Waals surface area contributed by atoms with Crippen molar-refractivity contribution in [2.24, 2.45) is 0 Å². The lowest BCUT2D eigenvalue weighted by Gasteiger charge is -2.08. The summed E-state index contributed by atoms with van der Waals surface area (Å²) in [5.74, 6) is 0. The molecular formula is C13H20BrNO. The summed E-state index contributed by atoms with van der Waals surface area (Å²) >= 11 is 3.45. The first-order valence-corrected chi connectivity index (χ1v) is 6.53. The van der Waals surface area contributed by atoms with Crippen molar-refractivity contribution < 1.29 is 4.74 Å². The largest absolute Gasteiger partial charge is 0.377 e. The summed E-state index contributed by atoms with van der Waals surface area (Å²) in [5, 5.41) is 3.37. The van der Waals surface area contributed by atoms with Crippen LogP contribution in [0.5, 0.6) is 0 Å². The van der Waals surface area contributed by atoms with Crippen molar-refractivity contribution in [3.63, 3.8) is 0 Å². The summed E-state index contributed by atoms with van der Waals surface area (Å²) in [5.41, 5.74) is 1.21. The van der Waals surface area contributed by atoms with Crippen LogP contribution < -0.4 is 5.32 Å². The minimum atomic E-state index is 0.560. The SMILES string of the molecule is CC(C)NCCCOCc1cccc(Br)c1. The second-order valence-electron chi connectivity index (χ2n) is 4.14. The second kappa shape index (κ2) is 7.82. The van der Waals surface area contributed by atoms with E-state index in [1.165, 1.54) is 5.56 Å². The van der Waals surface area contributed by atoms with Crippen LogP contribution in [-0.4, -0.2) is 19.2 Å². The van der Waals surface area contributed by atoms with E-state index in [1.54, 1.807) is 0 Å². The Morgan fingerprint density at radius 1 is 1.38 bits per heavy atom. The second-order valence-corrected chi connectivity index (χ2v) is 5.06. The van der Waals surface area contributed by atoms with Crippen LogP contribution >= 0.6 is 15.9 Å². The van der Waals surface area contributed by atoms with E-state index in [-0.39, 0.29) is 0 Å². The Balaban J connectivity index is 2.07. The molecule has 0 amide bonds. The molecule has 1 rings (SSSR count). The number of benzene rings is 1. The summed E-state index contributed by atoms with van der Waals surface area (Å²) in [4.78, 5) is 0. The van der Waals surface area contributed by atoms with E-state index in [4.69, 9.17) is 4.74 Å². The molecule has 2 nitrogen and oxygen atoms in total. The maximum absolute atomic E-state index is 5.60. The van der Waals surface area contributed by atoms with Gasteiger partial charge in [0.05, 0.1) is 6.61 Å². The van der Waals surface area contributed by atoms with Crippen molar-refractivity contribution in [2.75, 3.05) is 13.2 Å². The van der Waals surface area contributed by atoms with Crippen molar-refractivity contribution in [2.45, 2.75) is 32.9 Å². The molecule has 0 radical (unpaired) electrons. The normalized spacial score (nSPS) is 11.0. The van der Waals surface area contributed by atoms with Gasteiger partial charge in [-0.05, 0) is 30.7 Å². The first-order chi connectivity index (χ1) is 7.68. The molecule has 0 aromatic heterocycles. The number of rotatable bonds is 7. The summed E-state index contributed by atoms with van der Waals surface area (Å²) in [6.45, 7) is 6.84. The Morgan fingerprint density at radius 2 is 2.19 bits per heavy atom. The van der Waals surface area contributed by atoms with Crippen molar-refractivity contribution in [3.8, 4) is 0 Å². The summed E-state index contributed by atoms with van der Waals surface area (Å²) < 4.78 is 6.70. The fourth-order valence-electron chi connectivity index (χ4n) is 1.38. The highest BCUT2D eigenvalue weighted by atomic mass is 79.9. The van der Waals surface area contributed by atoms with Gasteiger partial charge in [0.25, 0.3) is 0 Å². The minimum Gasteiger partial charge on any atom is -0.377 e. The van der Waals surface area contributed by atoms with E-state index < -0.39 is 0 Å². The minimum absolute atomic E-state index is 0.560. The molecule has 1 N–H and O–H groups in total. The monoisotopic (exact) mass is 285 g/mol. The van der Waals surface area contributed by atoms with Crippen molar-refractivity contribution in [1.82, 2.24) is 5.32 Å². The van der Waals surface area contributed by atoms with Gasteiger partial charge in [-0.15, -0.1) is 0 Å². The maximum atomic E-state index is 5.60. The van der Waals surface area contributed by atoms with Gasteiger partial charge in [0.1, 0.15) is 0 Å². The van der Waals surface area contributed by atoms with Gasteiger partial charge in [0.15, 0.2) is 0 Å². The Labute approximate surface area is 107 Å². The molecular weight excluding hydrogens is 266 g/mol. The van der Waals surface area contributed by atoms with Gasteiger partial charge in [-0.2, -0.15) is 0 Å². The molecule has 0 aliphatic rings. The lowest BCUT2D eigenvalue weighted by atomic mass is 10.2. The third-order valence-corrected chi connectivity index (χ3v) is 2.67. The fourth-order valence-corrected chi connectivity index (χ4v) is 1.83. The van der Waals surface area contributed by atoms with Crippen LogP contribution in [-0.2, 0) is 11.3 Å². The number of hydrogen-bond acceptors (Lipinski definition) is 2. The van der Waals surface area contributed by atoms with E-state index >= 15 is 0 Å². The average Bonchev–Trinajstić information content (AvgIpc) is 2.23. The first-order valence-electron chi connectivity index (χ1n) is 5.74. The summed E-state index contributed by atoms with van der Waals surface area (Å²) in [6, 6.07) is 8.79. The first kappa shape index (κ1) is 13.7. The Bertz CT molecular complexity index is 302. The molecule has 0 saturated carbocycles. The van der Waals surface area contributed by atoms with Crippen LogP contribution in [0.3, 0.4) is 0 Å². The molecule has 0 fully saturated rings. The molecule has 0 spiro atoms. The predicted molar refractivity (Wildman–Crippen MR) is 71.6 cm³/mol. The lowest BCUT2D eigenvalue weighted by molar-refractivity contribution is 0.118. The van der Waals surface area contributed by atoms with E-state index in [1.807, 2.05) is 12.1 Å². The van der Waals surface area contributed by atoms with Gasteiger partial charge in [-0.25, -0.2) is 0 Å². The standard InChI is InChI=1S/C13H20BrNO/c1-11(2)15-7-4-8-16-10-12-5-3-6-13(14)9-12/h3,5-6,9,11,15H,4,7-8,10H2,1-2H3. The third kappa shape index (κ3) is 6.26. The molecule has 1 aromatic carbocycles. The molecule has 0 atom stereocenters. The van der Waals surface area contributed by atoms with Crippen LogP contribution in [0, 0.1) is 0 Å². The van der Waals surface area contributed by atoms with Crippen molar-refractivity contribution in [3.05, 3.63) is 34.3 Å². The van der Waals surface area contributed by atoms with Gasteiger partial charge in [0.2, 0.25) is 0 Å². The van der Waals surface area contributed by atoms with Crippen LogP contribution in [0.25, 0.3) is 0 Å². The third-order valence-electron chi connectivity index (χ3n) is 2.18. The maximum Gasteiger partial charge on any atom is 0.0717 e. The number of nitrogens with one attached hydrogen (secondary N) is 1. The lowest BCUT2D eigenvalue weighted by Crippen LogP contribution is -2.24. The van der Waals surface area contributed by atoms with E-state index in [9.17, 15) is 0 Å². The molecule has 0 saturated heterocycles. The van der Waals surface area contributed by atoms with Crippen molar-refractivity contribution >= 4 is 15.9 Å². The van der Waals surface area contributed by atoms with E-state index in [0.29, 0.717) is 12.6 Å². The van der Waals surface area contributed by atoms with Gasteiger partial charge in [0, 0.05) is 17.1 Å². The molecule has 0 unspecified atom stereocenters. The average molecular weight is 286 g/mol. The van der Waals surface area contributed by atoms with Crippen LogP contribution in [0.15, 0.2) is 28.7 Å². The molecule has 90 valence electrons. The molecule has 0 aliphatic carbocycles. The highest BCUT2D eigenvalue weighted by molar-refractivity contribution is 9.10. The zero-order valence-electron chi connectivity index (χ0n) is 10.0. The molecule has 3 heteroatoms. The van der Waals surface area contributed by atoms with Gasteiger partial charge in [-0.1, -0.05) is 41.9 Å². The number of hydrogen-bond donors (Lipinski definition) is 1. The van der Waals surface area contributed by atoms with Crippen LogP contribution in [0.1, 0.15) is 25.8 Å². The highest BCUT2D eigenvalue weighted by Crippen LogP contribution is 2.12. The zero-order chi connectivity index (χ0) is 11.8. The van der Waals surface area contributed by atoms with Crippen molar-refractivity contribution in [1.29, 1.82) is 0 Å².